The van der Waals surface area contributed by atoms with Crippen LogP contribution in [0.4, 0.5) is 5.69 Å². The minimum Gasteiger partial charge on any atom is -0.454 e. The van der Waals surface area contributed by atoms with Gasteiger partial charge in [-0.05, 0) is 54.8 Å². The fourth-order valence-electron chi connectivity index (χ4n) is 2.80. The highest BCUT2D eigenvalue weighted by molar-refractivity contribution is 6.34. The van der Waals surface area contributed by atoms with Gasteiger partial charge in [0.1, 0.15) is 5.57 Å². The SMILES string of the molecule is Cc1ccc(N2NC(=O)/C(=C\c3cc4c(cc3Cl)OCO4)C2=O)cc1C. The standard InChI is InChI=1S/C19H15ClN2O4/c1-10-3-4-13(5-11(10)2)22-19(24)14(18(23)21-22)6-12-7-16-17(8-15(12)20)26-9-25-16/h3-8H,9H2,1-2H3,(H,21,23)/b14-6+. The maximum absolute atomic E-state index is 12.7. The molecular weight excluding hydrogens is 356 g/mol. The first-order valence-electron chi connectivity index (χ1n) is 7.97. The molecule has 2 aromatic rings. The second-order valence-electron chi connectivity index (χ2n) is 6.14. The Hall–Kier alpha value is -2.99. The highest BCUT2D eigenvalue weighted by atomic mass is 35.5. The van der Waals surface area contributed by atoms with Gasteiger partial charge in [0.2, 0.25) is 6.79 Å². The van der Waals surface area contributed by atoms with Crippen molar-refractivity contribution in [3.8, 4) is 11.5 Å². The lowest BCUT2D eigenvalue weighted by atomic mass is 10.1. The Labute approximate surface area is 154 Å². The van der Waals surface area contributed by atoms with Gasteiger partial charge >= 0.3 is 0 Å². The van der Waals surface area contributed by atoms with Gasteiger partial charge in [0, 0.05) is 6.07 Å². The van der Waals surface area contributed by atoms with Gasteiger partial charge in [-0.2, -0.15) is 0 Å². The quantitative estimate of drug-likeness (QED) is 0.651. The summed E-state index contributed by atoms with van der Waals surface area (Å²) in [5.74, 6) is 0.142. The first-order valence-corrected chi connectivity index (χ1v) is 8.35. The average molecular weight is 371 g/mol. The number of halogens is 1. The van der Waals surface area contributed by atoms with E-state index < -0.39 is 11.8 Å². The Bertz CT molecular complexity index is 984. The number of nitrogens with one attached hydrogen (secondary N) is 1. The Kier molecular flexibility index (Phi) is 3.85. The molecule has 2 aliphatic rings. The van der Waals surface area contributed by atoms with Crippen molar-refractivity contribution < 1.29 is 19.1 Å². The van der Waals surface area contributed by atoms with E-state index in [1.54, 1.807) is 18.2 Å². The van der Waals surface area contributed by atoms with E-state index in [1.807, 2.05) is 26.0 Å². The number of anilines is 1. The van der Waals surface area contributed by atoms with Crippen LogP contribution >= 0.6 is 11.6 Å². The minimum atomic E-state index is -0.484. The first-order chi connectivity index (χ1) is 12.4. The summed E-state index contributed by atoms with van der Waals surface area (Å²) in [6.07, 6.45) is 1.46. The van der Waals surface area contributed by atoms with Gasteiger partial charge in [0.25, 0.3) is 11.8 Å². The van der Waals surface area contributed by atoms with Crippen LogP contribution in [0.5, 0.6) is 11.5 Å². The largest absolute Gasteiger partial charge is 0.454 e. The summed E-state index contributed by atoms with van der Waals surface area (Å²) in [5, 5.41) is 1.61. The van der Waals surface area contributed by atoms with Crippen LogP contribution in [-0.2, 0) is 9.59 Å². The molecular formula is C19H15ClN2O4. The maximum atomic E-state index is 12.7. The lowest BCUT2D eigenvalue weighted by molar-refractivity contribution is -0.117. The maximum Gasteiger partial charge on any atom is 0.282 e. The van der Waals surface area contributed by atoms with Crippen LogP contribution in [0, 0.1) is 13.8 Å². The van der Waals surface area contributed by atoms with E-state index >= 15 is 0 Å². The monoisotopic (exact) mass is 370 g/mol. The van der Waals surface area contributed by atoms with Crippen LogP contribution in [0.15, 0.2) is 35.9 Å². The predicted octanol–water partition coefficient (Wildman–Crippen LogP) is 3.15. The van der Waals surface area contributed by atoms with Crippen LogP contribution in [0.1, 0.15) is 16.7 Å². The first kappa shape index (κ1) is 16.5. The summed E-state index contributed by atoms with van der Waals surface area (Å²) in [4.78, 5) is 25.1. The van der Waals surface area contributed by atoms with E-state index in [0.29, 0.717) is 27.8 Å². The molecule has 2 aromatic carbocycles. The highest BCUT2D eigenvalue weighted by Gasteiger charge is 2.35. The summed E-state index contributed by atoms with van der Waals surface area (Å²) in [7, 11) is 0. The lowest BCUT2D eigenvalue weighted by Crippen LogP contribution is -2.35. The molecule has 7 heteroatoms. The van der Waals surface area contributed by atoms with Gasteiger partial charge in [0.05, 0.1) is 10.7 Å². The molecule has 0 radical (unpaired) electrons. The molecule has 2 heterocycles. The molecule has 1 N–H and O–H groups in total. The fraction of sp³-hybridized carbons (Fsp3) is 0.158. The molecule has 1 fully saturated rings. The number of nitrogens with zero attached hydrogens (tertiary/aromatic N) is 1. The molecule has 0 atom stereocenters. The molecule has 4 rings (SSSR count). The Balaban J connectivity index is 1.69. The number of amides is 2. The fourth-order valence-corrected chi connectivity index (χ4v) is 3.01. The minimum absolute atomic E-state index is 0.00370. The van der Waals surface area contributed by atoms with Gasteiger partial charge in [-0.3, -0.25) is 15.0 Å². The van der Waals surface area contributed by atoms with E-state index in [1.165, 1.54) is 11.1 Å². The molecule has 132 valence electrons. The van der Waals surface area contributed by atoms with E-state index in [2.05, 4.69) is 5.43 Å². The van der Waals surface area contributed by atoms with Crippen LogP contribution < -0.4 is 19.9 Å². The zero-order valence-corrected chi connectivity index (χ0v) is 14.9. The molecule has 2 aliphatic heterocycles. The number of hydrazine groups is 1. The number of aryl methyl sites for hydroxylation is 2. The van der Waals surface area contributed by atoms with Crippen molar-refractivity contribution in [2.75, 3.05) is 11.8 Å². The number of hydrogen-bond acceptors (Lipinski definition) is 4. The van der Waals surface area contributed by atoms with Crippen molar-refractivity contribution >= 4 is 35.2 Å². The van der Waals surface area contributed by atoms with Crippen LogP contribution in [-0.4, -0.2) is 18.6 Å². The summed E-state index contributed by atoms with van der Waals surface area (Å²) in [6.45, 7) is 4.05. The summed E-state index contributed by atoms with van der Waals surface area (Å²) in [5.41, 5.74) is 5.84. The van der Waals surface area contributed by atoms with Crippen molar-refractivity contribution in [2.24, 2.45) is 0 Å². The molecule has 0 aromatic heterocycles. The number of carbonyl (C=O) groups is 2. The zero-order valence-electron chi connectivity index (χ0n) is 14.1. The number of hydrogen-bond donors (Lipinski definition) is 1. The van der Waals surface area contributed by atoms with Crippen molar-refractivity contribution in [1.82, 2.24) is 5.43 Å². The number of benzene rings is 2. The normalized spacial score (nSPS) is 17.2. The topological polar surface area (TPSA) is 67.9 Å². The van der Waals surface area contributed by atoms with E-state index in [9.17, 15) is 9.59 Å². The number of rotatable bonds is 2. The van der Waals surface area contributed by atoms with Crippen molar-refractivity contribution in [1.29, 1.82) is 0 Å². The Morgan fingerprint density at radius 2 is 1.81 bits per heavy atom. The van der Waals surface area contributed by atoms with Gasteiger partial charge in [-0.1, -0.05) is 17.7 Å². The number of fused-ring (bicyclic) bond motifs is 1. The predicted molar refractivity (Wildman–Crippen MR) is 97.1 cm³/mol. The second-order valence-corrected chi connectivity index (χ2v) is 6.54. The van der Waals surface area contributed by atoms with Gasteiger partial charge < -0.3 is 9.47 Å². The van der Waals surface area contributed by atoms with Crippen LogP contribution in [0.3, 0.4) is 0 Å². The third-order valence-corrected chi connectivity index (χ3v) is 4.76. The smallest absolute Gasteiger partial charge is 0.282 e. The lowest BCUT2D eigenvalue weighted by Gasteiger charge is -2.16. The van der Waals surface area contributed by atoms with Crippen molar-refractivity contribution in [3.63, 3.8) is 0 Å². The molecule has 0 saturated carbocycles. The third kappa shape index (κ3) is 2.68. The molecule has 0 unspecified atom stereocenters. The molecule has 1 saturated heterocycles. The van der Waals surface area contributed by atoms with Gasteiger partial charge in [-0.15, -0.1) is 0 Å². The van der Waals surface area contributed by atoms with Crippen LogP contribution in [0.2, 0.25) is 5.02 Å². The Morgan fingerprint density at radius 1 is 1.08 bits per heavy atom. The summed E-state index contributed by atoms with van der Waals surface area (Å²) in [6, 6.07) is 8.80. The summed E-state index contributed by atoms with van der Waals surface area (Å²) < 4.78 is 10.6. The molecule has 2 amide bonds. The Morgan fingerprint density at radius 3 is 2.54 bits per heavy atom. The zero-order chi connectivity index (χ0) is 18.4. The molecule has 0 spiro atoms. The number of carbonyl (C=O) groups excluding carboxylic acids is 2. The van der Waals surface area contributed by atoms with Crippen molar-refractivity contribution in [2.45, 2.75) is 13.8 Å². The summed E-state index contributed by atoms with van der Waals surface area (Å²) >= 11 is 6.24. The number of ether oxygens (including phenoxy) is 2. The van der Waals surface area contributed by atoms with Crippen molar-refractivity contribution in [3.05, 3.63) is 57.6 Å². The second kappa shape index (κ2) is 6.07. The van der Waals surface area contributed by atoms with E-state index in [4.69, 9.17) is 21.1 Å². The average Bonchev–Trinajstić information content (AvgIpc) is 3.16. The molecule has 0 bridgehead atoms. The van der Waals surface area contributed by atoms with Gasteiger partial charge in [0.15, 0.2) is 11.5 Å². The van der Waals surface area contributed by atoms with E-state index in [-0.39, 0.29) is 12.4 Å². The molecule has 26 heavy (non-hydrogen) atoms. The molecule has 6 nitrogen and oxygen atoms in total. The third-order valence-electron chi connectivity index (χ3n) is 4.43. The van der Waals surface area contributed by atoms with Gasteiger partial charge in [-0.25, -0.2) is 5.01 Å². The molecule has 0 aliphatic carbocycles. The van der Waals surface area contributed by atoms with Crippen LogP contribution in [0.25, 0.3) is 6.08 Å². The van der Waals surface area contributed by atoms with E-state index in [0.717, 1.165) is 11.1 Å². The highest BCUT2D eigenvalue weighted by Crippen LogP contribution is 2.38.